The summed E-state index contributed by atoms with van der Waals surface area (Å²) < 4.78 is 5.56. The summed E-state index contributed by atoms with van der Waals surface area (Å²) in [4.78, 5) is 37.8. The molecule has 174 valence electrons. The van der Waals surface area contributed by atoms with Gasteiger partial charge < -0.3 is 20.1 Å². The first-order valence-corrected chi connectivity index (χ1v) is 11.4. The Morgan fingerprint density at radius 2 is 1.67 bits per heavy atom. The molecule has 1 aliphatic heterocycles. The Balaban J connectivity index is 1.28. The lowest BCUT2D eigenvalue weighted by Crippen LogP contribution is -2.39. The van der Waals surface area contributed by atoms with Gasteiger partial charge in [0.15, 0.2) is 0 Å². The van der Waals surface area contributed by atoms with Crippen LogP contribution in [0.1, 0.15) is 43.7 Å². The molecule has 2 N–H and O–H groups in total. The van der Waals surface area contributed by atoms with Gasteiger partial charge in [0.05, 0.1) is 6.42 Å². The number of carbonyl (C=O) groups excluding carboxylic acids is 2. The molecule has 2 aromatic carbocycles. The van der Waals surface area contributed by atoms with Gasteiger partial charge in [-0.1, -0.05) is 55.5 Å². The first-order valence-electron chi connectivity index (χ1n) is 11.4. The van der Waals surface area contributed by atoms with Gasteiger partial charge in [0.2, 0.25) is 5.91 Å². The van der Waals surface area contributed by atoms with Gasteiger partial charge in [-0.25, -0.2) is 4.79 Å². The fraction of sp³-hybridized carbons (Fsp3) is 0.423. The van der Waals surface area contributed by atoms with E-state index in [9.17, 15) is 14.4 Å². The number of carbonyl (C=O) groups is 3. The van der Waals surface area contributed by atoms with E-state index in [0.717, 1.165) is 11.1 Å². The highest BCUT2D eigenvalue weighted by Crippen LogP contribution is 2.44. The monoisotopic (exact) mass is 450 g/mol. The molecular formula is C26H30N2O5. The van der Waals surface area contributed by atoms with E-state index >= 15 is 0 Å². The van der Waals surface area contributed by atoms with Crippen molar-refractivity contribution in [2.75, 3.05) is 19.7 Å². The molecule has 0 spiro atoms. The first-order chi connectivity index (χ1) is 15.8. The van der Waals surface area contributed by atoms with Gasteiger partial charge >= 0.3 is 12.1 Å². The minimum atomic E-state index is -0.841. The van der Waals surface area contributed by atoms with Gasteiger partial charge in [-0.05, 0) is 41.0 Å². The quantitative estimate of drug-likeness (QED) is 0.668. The van der Waals surface area contributed by atoms with E-state index < -0.39 is 12.1 Å². The number of aliphatic carboxylic acids is 1. The minimum Gasteiger partial charge on any atom is -0.481 e. The number of rotatable bonds is 7. The second kappa shape index (κ2) is 9.65. The van der Waals surface area contributed by atoms with Gasteiger partial charge in [0, 0.05) is 31.5 Å². The van der Waals surface area contributed by atoms with E-state index in [0.29, 0.717) is 13.1 Å². The summed E-state index contributed by atoms with van der Waals surface area (Å²) >= 11 is 0. The average Bonchev–Trinajstić information content (AvgIpc) is 3.29. The van der Waals surface area contributed by atoms with Crippen molar-refractivity contribution < 1.29 is 24.2 Å². The standard InChI is InChI=1S/C26H30N2O5/c1-16-13-28(14-18(16)12-25(30)31)24(29)11-17(2)27-26(32)33-15-23-21-9-5-3-7-19(21)20-8-4-6-10-22(20)23/h3-10,16-18,23H,11-15H2,1-2H3,(H,27,32)(H,30,31)/t16-,17?,18-/m1/s1. The van der Waals surface area contributed by atoms with Crippen LogP contribution in [0.3, 0.4) is 0 Å². The molecule has 2 aliphatic rings. The second-order valence-electron chi connectivity index (χ2n) is 9.21. The predicted octanol–water partition coefficient (Wildman–Crippen LogP) is 3.87. The maximum Gasteiger partial charge on any atom is 0.407 e. The van der Waals surface area contributed by atoms with Crippen molar-refractivity contribution in [1.82, 2.24) is 10.2 Å². The maximum atomic E-state index is 12.6. The van der Waals surface area contributed by atoms with Crippen molar-refractivity contribution in [2.24, 2.45) is 11.8 Å². The van der Waals surface area contributed by atoms with Crippen molar-refractivity contribution in [3.8, 4) is 11.1 Å². The van der Waals surface area contributed by atoms with Crippen LogP contribution >= 0.6 is 0 Å². The first kappa shape index (κ1) is 22.8. The molecule has 7 nitrogen and oxygen atoms in total. The van der Waals surface area contributed by atoms with E-state index in [1.54, 1.807) is 11.8 Å². The van der Waals surface area contributed by atoms with Crippen LogP contribution in [0.25, 0.3) is 11.1 Å². The van der Waals surface area contributed by atoms with Crippen molar-refractivity contribution in [3.05, 3.63) is 59.7 Å². The number of carboxylic acid groups (broad SMARTS) is 1. The van der Waals surface area contributed by atoms with Crippen LogP contribution in [0.4, 0.5) is 4.79 Å². The fourth-order valence-electron chi connectivity index (χ4n) is 5.01. The zero-order valence-electron chi connectivity index (χ0n) is 19.0. The summed E-state index contributed by atoms with van der Waals surface area (Å²) in [7, 11) is 0. The van der Waals surface area contributed by atoms with Crippen LogP contribution in [-0.4, -0.2) is 53.7 Å². The highest BCUT2D eigenvalue weighted by Gasteiger charge is 2.34. The molecular weight excluding hydrogens is 420 g/mol. The molecule has 1 saturated heterocycles. The summed E-state index contributed by atoms with van der Waals surface area (Å²) in [5, 5.41) is 11.8. The van der Waals surface area contributed by atoms with Crippen LogP contribution in [0.15, 0.2) is 48.5 Å². The Bertz CT molecular complexity index is 1010. The Labute approximate surface area is 193 Å². The molecule has 1 unspecified atom stereocenters. The van der Waals surface area contributed by atoms with Crippen LogP contribution in [-0.2, 0) is 14.3 Å². The maximum absolute atomic E-state index is 12.6. The number of nitrogens with one attached hydrogen (secondary N) is 1. The lowest BCUT2D eigenvalue weighted by molar-refractivity contribution is -0.138. The van der Waals surface area contributed by atoms with Crippen molar-refractivity contribution in [1.29, 1.82) is 0 Å². The van der Waals surface area contributed by atoms with Crippen LogP contribution in [0.2, 0.25) is 0 Å². The lowest BCUT2D eigenvalue weighted by Gasteiger charge is -2.20. The third-order valence-electron chi connectivity index (χ3n) is 6.75. The molecule has 1 aliphatic carbocycles. The SMILES string of the molecule is CC(CC(=O)N1C[C@@H](CC(=O)O)[C@H](C)C1)NC(=O)OCC1c2ccccc2-c2ccccc21. The average molecular weight is 451 g/mol. The van der Waals surface area contributed by atoms with Gasteiger partial charge in [-0.3, -0.25) is 9.59 Å². The molecule has 1 heterocycles. The number of likely N-dealkylation sites (tertiary alicyclic amines) is 1. The molecule has 7 heteroatoms. The number of alkyl carbamates (subject to hydrolysis) is 1. The predicted molar refractivity (Wildman–Crippen MR) is 124 cm³/mol. The summed E-state index contributed by atoms with van der Waals surface area (Å²) in [5.74, 6) is -0.822. The highest BCUT2D eigenvalue weighted by atomic mass is 16.5. The number of fused-ring (bicyclic) bond motifs is 3. The van der Waals surface area contributed by atoms with Crippen LogP contribution in [0.5, 0.6) is 0 Å². The smallest absolute Gasteiger partial charge is 0.407 e. The number of amides is 2. The molecule has 0 aromatic heterocycles. The third-order valence-corrected chi connectivity index (χ3v) is 6.75. The summed E-state index contributed by atoms with van der Waals surface area (Å²) in [6, 6.07) is 15.9. The normalized spacial score (nSPS) is 20.1. The zero-order valence-corrected chi connectivity index (χ0v) is 19.0. The van der Waals surface area contributed by atoms with Gasteiger partial charge in [0.25, 0.3) is 0 Å². The van der Waals surface area contributed by atoms with Gasteiger partial charge in [-0.15, -0.1) is 0 Å². The molecule has 3 atom stereocenters. The van der Waals surface area contributed by atoms with E-state index in [1.165, 1.54) is 11.1 Å². The van der Waals surface area contributed by atoms with Gasteiger partial charge in [0.1, 0.15) is 6.61 Å². The van der Waals surface area contributed by atoms with Crippen molar-refractivity contribution in [3.63, 3.8) is 0 Å². The molecule has 4 rings (SSSR count). The van der Waals surface area contributed by atoms with Crippen LogP contribution in [0, 0.1) is 11.8 Å². The number of carboxylic acids is 1. The molecule has 0 bridgehead atoms. The number of ether oxygens (including phenoxy) is 1. The molecule has 2 aromatic rings. The Kier molecular flexibility index (Phi) is 6.67. The molecule has 1 fully saturated rings. The Hall–Kier alpha value is -3.35. The summed E-state index contributed by atoms with van der Waals surface area (Å²) in [6.45, 7) is 4.96. The minimum absolute atomic E-state index is 0.0163. The molecule has 33 heavy (non-hydrogen) atoms. The van der Waals surface area contributed by atoms with E-state index in [4.69, 9.17) is 9.84 Å². The molecule has 0 radical (unpaired) electrons. The van der Waals surface area contributed by atoms with E-state index in [1.807, 2.05) is 31.2 Å². The fourth-order valence-corrected chi connectivity index (χ4v) is 5.01. The second-order valence-corrected chi connectivity index (χ2v) is 9.21. The Morgan fingerprint density at radius 1 is 1.06 bits per heavy atom. The summed E-state index contributed by atoms with van der Waals surface area (Å²) in [5.41, 5.74) is 4.63. The topological polar surface area (TPSA) is 95.9 Å². The Morgan fingerprint density at radius 3 is 2.27 bits per heavy atom. The van der Waals surface area contributed by atoms with E-state index in [-0.39, 0.29) is 49.2 Å². The number of nitrogens with zero attached hydrogens (tertiary/aromatic N) is 1. The van der Waals surface area contributed by atoms with Crippen LogP contribution < -0.4 is 5.32 Å². The van der Waals surface area contributed by atoms with Crippen molar-refractivity contribution >= 4 is 18.0 Å². The van der Waals surface area contributed by atoms with Crippen molar-refractivity contribution in [2.45, 2.75) is 38.6 Å². The van der Waals surface area contributed by atoms with Gasteiger partial charge in [-0.2, -0.15) is 0 Å². The number of benzene rings is 2. The third kappa shape index (κ3) is 5.02. The number of hydrogen-bond acceptors (Lipinski definition) is 4. The van der Waals surface area contributed by atoms with E-state index in [2.05, 4.69) is 29.6 Å². The number of hydrogen-bond donors (Lipinski definition) is 2. The summed E-state index contributed by atoms with van der Waals surface area (Å²) in [6.07, 6.45) is -0.328. The molecule has 0 saturated carbocycles. The molecule has 2 amide bonds. The zero-order chi connectivity index (χ0) is 23.5. The highest BCUT2D eigenvalue weighted by molar-refractivity contribution is 5.80. The lowest BCUT2D eigenvalue weighted by atomic mass is 9.95. The largest absolute Gasteiger partial charge is 0.481 e.